The van der Waals surface area contributed by atoms with Gasteiger partial charge in [0.25, 0.3) is 0 Å². The van der Waals surface area contributed by atoms with Crippen molar-refractivity contribution >= 4 is 29.9 Å². The van der Waals surface area contributed by atoms with Gasteiger partial charge >= 0.3 is 0 Å². The number of ether oxygens (including phenoxy) is 2. The molecule has 2 aromatic rings. The normalized spacial score (nSPS) is 19.0. The first-order valence-electron chi connectivity index (χ1n) is 10.5. The summed E-state index contributed by atoms with van der Waals surface area (Å²) >= 11 is 0. The van der Waals surface area contributed by atoms with Crippen molar-refractivity contribution in [1.29, 1.82) is 0 Å². The average Bonchev–Trinajstić information content (AvgIpc) is 2.78. The van der Waals surface area contributed by atoms with E-state index in [4.69, 9.17) is 14.5 Å². The Balaban J connectivity index is 0.00000320. The summed E-state index contributed by atoms with van der Waals surface area (Å²) < 4.78 is 11.4. The monoisotopic (exact) mass is 523 g/mol. The van der Waals surface area contributed by atoms with Gasteiger partial charge in [0, 0.05) is 39.2 Å². The van der Waals surface area contributed by atoms with Crippen molar-refractivity contribution in [3.63, 3.8) is 0 Å². The fourth-order valence-electron chi connectivity index (χ4n) is 3.79. The first kappa shape index (κ1) is 24.5. The minimum Gasteiger partial charge on any atom is -0.497 e. The lowest BCUT2D eigenvalue weighted by molar-refractivity contribution is -0.0250. The Labute approximate surface area is 197 Å². The first-order valence-corrected chi connectivity index (χ1v) is 10.5. The Bertz CT molecular complexity index is 768. The molecule has 30 heavy (non-hydrogen) atoms. The van der Waals surface area contributed by atoms with E-state index in [1.807, 2.05) is 12.1 Å². The Hall–Kier alpha value is -1.80. The van der Waals surface area contributed by atoms with E-state index in [1.165, 1.54) is 11.1 Å². The highest BCUT2D eigenvalue weighted by Gasteiger charge is 2.27. The summed E-state index contributed by atoms with van der Waals surface area (Å²) in [7, 11) is 3.77. The zero-order valence-electron chi connectivity index (χ0n) is 18.2. The lowest BCUT2D eigenvalue weighted by Gasteiger charge is -2.32. The van der Waals surface area contributed by atoms with Crippen molar-refractivity contribution < 1.29 is 9.47 Å². The Morgan fingerprint density at radius 3 is 2.57 bits per heavy atom. The van der Waals surface area contributed by atoms with E-state index >= 15 is 0 Å². The number of nitrogens with one attached hydrogen (secondary N) is 1. The SMILES string of the molecule is CCNC(=NCC1CCCOC1c1ccccc1)N(C)Cc1ccc(OC)cc1.I. The molecule has 2 unspecified atom stereocenters. The largest absolute Gasteiger partial charge is 0.497 e. The van der Waals surface area contributed by atoms with E-state index in [0.29, 0.717) is 5.92 Å². The molecule has 0 amide bonds. The molecular formula is C24H34IN3O2. The van der Waals surface area contributed by atoms with E-state index in [9.17, 15) is 0 Å². The van der Waals surface area contributed by atoms with Crippen molar-refractivity contribution in [3.8, 4) is 5.75 Å². The van der Waals surface area contributed by atoms with Crippen molar-refractivity contribution in [2.75, 3.05) is 33.9 Å². The lowest BCUT2D eigenvalue weighted by atomic mass is 9.89. The summed E-state index contributed by atoms with van der Waals surface area (Å²) in [6.45, 7) is 5.33. The van der Waals surface area contributed by atoms with Crippen LogP contribution in [-0.2, 0) is 11.3 Å². The van der Waals surface area contributed by atoms with E-state index in [1.54, 1.807) is 7.11 Å². The third-order valence-corrected chi connectivity index (χ3v) is 5.32. The molecule has 6 heteroatoms. The highest BCUT2D eigenvalue weighted by atomic mass is 127. The van der Waals surface area contributed by atoms with Crippen LogP contribution in [0.15, 0.2) is 59.6 Å². The Kier molecular flexibility index (Phi) is 10.4. The zero-order chi connectivity index (χ0) is 20.5. The van der Waals surface area contributed by atoms with Gasteiger partial charge in [-0.2, -0.15) is 0 Å². The van der Waals surface area contributed by atoms with Gasteiger partial charge in [-0.3, -0.25) is 4.99 Å². The van der Waals surface area contributed by atoms with Gasteiger partial charge in [-0.05, 0) is 43.0 Å². The second-order valence-electron chi connectivity index (χ2n) is 7.50. The van der Waals surface area contributed by atoms with Gasteiger partial charge < -0.3 is 19.7 Å². The molecule has 5 nitrogen and oxygen atoms in total. The van der Waals surface area contributed by atoms with Crippen LogP contribution in [0.3, 0.4) is 0 Å². The van der Waals surface area contributed by atoms with Gasteiger partial charge in [0.1, 0.15) is 5.75 Å². The molecule has 0 spiro atoms. The van der Waals surface area contributed by atoms with Crippen molar-refractivity contribution in [2.24, 2.45) is 10.9 Å². The smallest absolute Gasteiger partial charge is 0.193 e. The van der Waals surface area contributed by atoms with Gasteiger partial charge in [-0.15, -0.1) is 24.0 Å². The van der Waals surface area contributed by atoms with Crippen LogP contribution in [0.2, 0.25) is 0 Å². The molecule has 2 aromatic carbocycles. The predicted octanol–water partition coefficient (Wildman–Crippen LogP) is 4.88. The van der Waals surface area contributed by atoms with E-state index in [-0.39, 0.29) is 30.1 Å². The fraction of sp³-hybridized carbons (Fsp3) is 0.458. The third-order valence-electron chi connectivity index (χ3n) is 5.32. The average molecular weight is 523 g/mol. The summed E-state index contributed by atoms with van der Waals surface area (Å²) in [6, 6.07) is 18.7. The van der Waals surface area contributed by atoms with Gasteiger partial charge in [-0.25, -0.2) is 0 Å². The van der Waals surface area contributed by atoms with Crippen LogP contribution in [0.4, 0.5) is 0 Å². The third kappa shape index (κ3) is 6.87. The van der Waals surface area contributed by atoms with Crippen LogP contribution in [0.5, 0.6) is 5.75 Å². The van der Waals surface area contributed by atoms with Crippen LogP contribution < -0.4 is 10.1 Å². The molecule has 1 heterocycles. The maximum Gasteiger partial charge on any atom is 0.193 e. The lowest BCUT2D eigenvalue weighted by Crippen LogP contribution is -2.39. The minimum absolute atomic E-state index is 0. The van der Waals surface area contributed by atoms with Crippen molar-refractivity contribution in [1.82, 2.24) is 10.2 Å². The fourth-order valence-corrected chi connectivity index (χ4v) is 3.79. The van der Waals surface area contributed by atoms with Crippen molar-refractivity contribution in [2.45, 2.75) is 32.4 Å². The Morgan fingerprint density at radius 2 is 1.90 bits per heavy atom. The maximum absolute atomic E-state index is 6.13. The first-order chi connectivity index (χ1) is 14.2. The zero-order valence-corrected chi connectivity index (χ0v) is 20.5. The minimum atomic E-state index is 0. The number of hydrogen-bond donors (Lipinski definition) is 1. The Morgan fingerprint density at radius 1 is 1.17 bits per heavy atom. The molecule has 0 bridgehead atoms. The number of nitrogens with zero attached hydrogens (tertiary/aromatic N) is 2. The second-order valence-corrected chi connectivity index (χ2v) is 7.50. The number of halogens is 1. The molecule has 1 aliphatic heterocycles. The summed E-state index contributed by atoms with van der Waals surface area (Å²) in [5.74, 6) is 2.20. The number of rotatable bonds is 7. The van der Waals surface area contributed by atoms with Crippen LogP contribution in [-0.4, -0.2) is 44.7 Å². The van der Waals surface area contributed by atoms with Crippen LogP contribution in [0, 0.1) is 5.92 Å². The number of benzene rings is 2. The summed E-state index contributed by atoms with van der Waals surface area (Å²) in [5, 5.41) is 3.43. The van der Waals surface area contributed by atoms with E-state index in [2.05, 4.69) is 66.7 Å². The van der Waals surface area contributed by atoms with Gasteiger partial charge in [0.05, 0.1) is 13.2 Å². The predicted molar refractivity (Wildman–Crippen MR) is 134 cm³/mol. The second kappa shape index (κ2) is 12.8. The molecule has 3 rings (SSSR count). The van der Waals surface area contributed by atoms with Crippen LogP contribution in [0.25, 0.3) is 0 Å². The summed E-state index contributed by atoms with van der Waals surface area (Å²) in [5.41, 5.74) is 2.48. The molecule has 2 atom stereocenters. The van der Waals surface area contributed by atoms with Crippen LogP contribution in [0.1, 0.15) is 37.0 Å². The standard InChI is InChI=1S/C24H33N3O2.HI/c1-4-25-24(27(2)18-19-12-14-22(28-3)15-13-19)26-17-21-11-8-16-29-23(21)20-9-6-5-7-10-20;/h5-7,9-10,12-15,21,23H,4,8,11,16-18H2,1-3H3,(H,25,26);1H. The topological polar surface area (TPSA) is 46.1 Å². The van der Waals surface area contributed by atoms with E-state index in [0.717, 1.165) is 50.8 Å². The molecule has 1 fully saturated rings. The maximum atomic E-state index is 6.13. The van der Waals surface area contributed by atoms with Gasteiger partial charge in [0.2, 0.25) is 0 Å². The molecule has 0 aromatic heterocycles. The molecule has 164 valence electrons. The molecule has 0 radical (unpaired) electrons. The number of aliphatic imine (C=N–C) groups is 1. The van der Waals surface area contributed by atoms with Gasteiger partial charge in [0.15, 0.2) is 5.96 Å². The van der Waals surface area contributed by atoms with E-state index < -0.39 is 0 Å². The molecule has 1 aliphatic rings. The van der Waals surface area contributed by atoms with Crippen molar-refractivity contribution in [3.05, 3.63) is 65.7 Å². The molecule has 0 aliphatic carbocycles. The summed E-state index contributed by atoms with van der Waals surface area (Å²) in [6.07, 6.45) is 2.37. The molecule has 0 saturated carbocycles. The molecular weight excluding hydrogens is 489 g/mol. The summed E-state index contributed by atoms with van der Waals surface area (Å²) in [4.78, 5) is 7.14. The highest BCUT2D eigenvalue weighted by molar-refractivity contribution is 14.0. The number of methoxy groups -OCH3 is 1. The van der Waals surface area contributed by atoms with Crippen LogP contribution >= 0.6 is 24.0 Å². The quantitative estimate of drug-likeness (QED) is 0.320. The number of guanidine groups is 1. The highest BCUT2D eigenvalue weighted by Crippen LogP contribution is 2.33. The number of hydrogen-bond acceptors (Lipinski definition) is 3. The van der Waals surface area contributed by atoms with Gasteiger partial charge in [-0.1, -0.05) is 42.5 Å². The molecule has 1 saturated heterocycles. The molecule has 1 N–H and O–H groups in total.